The molecule has 1 unspecified atom stereocenters. The third-order valence-electron chi connectivity index (χ3n) is 2.22. The fourth-order valence-electron chi connectivity index (χ4n) is 1.44. The molecule has 2 rings (SSSR count). The van der Waals surface area contributed by atoms with Crippen molar-refractivity contribution < 1.29 is 14.1 Å². The molecule has 5 heteroatoms. The summed E-state index contributed by atoms with van der Waals surface area (Å²) in [5.74, 6) is -0.678. The molecule has 1 N–H and O–H groups in total. The maximum absolute atomic E-state index is 12.1. The first-order valence-electron chi connectivity index (χ1n) is 4.91. The molecule has 1 atom stereocenters. The monoisotopic (exact) mass is 266 g/mol. The lowest BCUT2D eigenvalue weighted by molar-refractivity contribution is 0.0693. The van der Waals surface area contributed by atoms with Crippen molar-refractivity contribution in [2.24, 2.45) is 0 Å². The van der Waals surface area contributed by atoms with Crippen molar-refractivity contribution in [2.75, 3.05) is 0 Å². The summed E-state index contributed by atoms with van der Waals surface area (Å²) in [6.45, 7) is 0. The minimum Gasteiger partial charge on any atom is -0.478 e. The molecule has 1 heterocycles. The molecule has 88 valence electrons. The van der Waals surface area contributed by atoms with Gasteiger partial charge >= 0.3 is 5.97 Å². The highest BCUT2D eigenvalue weighted by Crippen LogP contribution is 2.19. The van der Waals surface area contributed by atoms with Crippen LogP contribution in [0.3, 0.4) is 0 Å². The minimum absolute atomic E-state index is 0.113. The summed E-state index contributed by atoms with van der Waals surface area (Å²) in [5.41, 5.74) is 0.113. The lowest BCUT2D eigenvalue weighted by Crippen LogP contribution is -2.05. The lowest BCUT2D eigenvalue weighted by Gasteiger charge is -2.04. The normalized spacial score (nSPS) is 12.2. The van der Waals surface area contributed by atoms with Gasteiger partial charge in [0.1, 0.15) is 0 Å². The quantitative estimate of drug-likeness (QED) is 0.925. The Labute approximate surface area is 105 Å². The number of aromatic carboxylic acids is 1. The first-order chi connectivity index (χ1) is 8.18. The van der Waals surface area contributed by atoms with E-state index in [1.165, 1.54) is 17.4 Å². The zero-order valence-corrected chi connectivity index (χ0v) is 10.5. The second kappa shape index (κ2) is 5.25. The summed E-state index contributed by atoms with van der Waals surface area (Å²) < 4.78 is 12.1. The number of carboxylic acid groups (broad SMARTS) is 1. The van der Waals surface area contributed by atoms with Crippen LogP contribution in [0.5, 0.6) is 0 Å². The Morgan fingerprint density at radius 3 is 2.65 bits per heavy atom. The molecule has 0 aliphatic rings. The summed E-state index contributed by atoms with van der Waals surface area (Å²) >= 11 is 1.52. The van der Waals surface area contributed by atoms with Crippen molar-refractivity contribution in [2.45, 2.75) is 10.6 Å². The van der Waals surface area contributed by atoms with E-state index in [1.54, 1.807) is 18.2 Å². The lowest BCUT2D eigenvalue weighted by atomic mass is 10.2. The van der Waals surface area contributed by atoms with Gasteiger partial charge in [0.15, 0.2) is 0 Å². The largest absolute Gasteiger partial charge is 0.478 e. The highest BCUT2D eigenvalue weighted by Gasteiger charge is 2.14. The van der Waals surface area contributed by atoms with Gasteiger partial charge in [-0.2, -0.15) is 0 Å². The molecule has 1 aromatic carbocycles. The number of hydrogen-bond acceptors (Lipinski definition) is 3. The van der Waals surface area contributed by atoms with E-state index in [0.717, 1.165) is 4.88 Å². The average Bonchev–Trinajstić information content (AvgIpc) is 2.81. The van der Waals surface area contributed by atoms with Crippen LogP contribution < -0.4 is 0 Å². The molecule has 17 heavy (non-hydrogen) atoms. The number of carbonyl (C=O) groups is 1. The van der Waals surface area contributed by atoms with Gasteiger partial charge in [-0.05, 0) is 23.6 Å². The van der Waals surface area contributed by atoms with Crippen molar-refractivity contribution in [3.63, 3.8) is 0 Å². The van der Waals surface area contributed by atoms with Crippen molar-refractivity contribution in [1.29, 1.82) is 0 Å². The molecule has 2 aromatic rings. The first-order valence-corrected chi connectivity index (χ1v) is 7.11. The van der Waals surface area contributed by atoms with Crippen LogP contribution in [0, 0.1) is 0 Å². The molecule has 0 aliphatic carbocycles. The Kier molecular flexibility index (Phi) is 3.71. The molecular weight excluding hydrogens is 256 g/mol. The first kappa shape index (κ1) is 12.0. The van der Waals surface area contributed by atoms with E-state index in [9.17, 15) is 9.00 Å². The van der Waals surface area contributed by atoms with E-state index in [2.05, 4.69) is 0 Å². The Morgan fingerprint density at radius 1 is 1.24 bits per heavy atom. The van der Waals surface area contributed by atoms with E-state index >= 15 is 0 Å². The summed E-state index contributed by atoms with van der Waals surface area (Å²) in [4.78, 5) is 12.4. The fraction of sp³-hybridized carbons (Fsp3) is 0.0833. The van der Waals surface area contributed by atoms with E-state index in [-0.39, 0.29) is 5.56 Å². The Bertz CT molecular complexity index is 547. The SMILES string of the molecule is O=C(O)c1ccccc1S(=O)Cc1cccs1. The van der Waals surface area contributed by atoms with Gasteiger partial charge < -0.3 is 5.11 Å². The van der Waals surface area contributed by atoms with Crippen LogP contribution in [-0.2, 0) is 16.6 Å². The van der Waals surface area contributed by atoms with Crippen LogP contribution in [0.1, 0.15) is 15.2 Å². The second-order valence-electron chi connectivity index (χ2n) is 3.37. The number of hydrogen-bond donors (Lipinski definition) is 1. The zero-order chi connectivity index (χ0) is 12.3. The van der Waals surface area contributed by atoms with Gasteiger partial charge in [0.05, 0.1) is 27.0 Å². The van der Waals surface area contributed by atoms with Crippen LogP contribution in [0.4, 0.5) is 0 Å². The third kappa shape index (κ3) is 2.81. The van der Waals surface area contributed by atoms with Crippen LogP contribution in [-0.4, -0.2) is 15.3 Å². The molecule has 3 nitrogen and oxygen atoms in total. The van der Waals surface area contributed by atoms with Crippen molar-refractivity contribution in [3.05, 3.63) is 52.2 Å². The molecular formula is C12H10O3S2. The molecule has 0 saturated carbocycles. The fourth-order valence-corrected chi connectivity index (χ4v) is 3.67. The molecule has 0 fully saturated rings. The molecule has 0 aliphatic heterocycles. The predicted octanol–water partition coefficient (Wildman–Crippen LogP) is 2.75. The molecule has 0 saturated heterocycles. The van der Waals surface area contributed by atoms with Gasteiger partial charge in [0.25, 0.3) is 0 Å². The van der Waals surface area contributed by atoms with E-state index < -0.39 is 16.8 Å². The van der Waals surface area contributed by atoms with Gasteiger partial charge in [-0.15, -0.1) is 11.3 Å². The maximum Gasteiger partial charge on any atom is 0.336 e. The van der Waals surface area contributed by atoms with Gasteiger partial charge in [-0.3, -0.25) is 4.21 Å². The maximum atomic E-state index is 12.1. The Balaban J connectivity index is 2.28. The van der Waals surface area contributed by atoms with Gasteiger partial charge in [0, 0.05) is 4.88 Å². The van der Waals surface area contributed by atoms with Gasteiger partial charge in [-0.25, -0.2) is 4.79 Å². The standard InChI is InChI=1S/C12H10O3S2/c13-12(14)10-5-1-2-6-11(10)17(15)8-9-4-3-7-16-9/h1-7H,8H2,(H,13,14). The van der Waals surface area contributed by atoms with Crippen LogP contribution in [0.2, 0.25) is 0 Å². The highest BCUT2D eigenvalue weighted by atomic mass is 32.2. The van der Waals surface area contributed by atoms with Crippen molar-refractivity contribution in [3.8, 4) is 0 Å². The topological polar surface area (TPSA) is 54.4 Å². The average molecular weight is 266 g/mol. The smallest absolute Gasteiger partial charge is 0.336 e. The third-order valence-corrected chi connectivity index (χ3v) is 4.70. The zero-order valence-electron chi connectivity index (χ0n) is 8.83. The summed E-state index contributed by atoms with van der Waals surface area (Å²) in [6, 6.07) is 10.2. The van der Waals surface area contributed by atoms with E-state index in [1.807, 2.05) is 17.5 Å². The van der Waals surface area contributed by atoms with Gasteiger partial charge in [0.2, 0.25) is 0 Å². The summed E-state index contributed by atoms with van der Waals surface area (Å²) in [5, 5.41) is 10.9. The van der Waals surface area contributed by atoms with Crippen LogP contribution >= 0.6 is 11.3 Å². The number of thiophene rings is 1. The number of rotatable bonds is 4. The van der Waals surface area contributed by atoms with Crippen molar-refractivity contribution >= 4 is 28.1 Å². The predicted molar refractivity (Wildman–Crippen MR) is 67.8 cm³/mol. The summed E-state index contributed by atoms with van der Waals surface area (Å²) in [6.07, 6.45) is 0. The molecule has 0 radical (unpaired) electrons. The Morgan fingerprint density at radius 2 is 2.00 bits per heavy atom. The van der Waals surface area contributed by atoms with Crippen LogP contribution in [0.15, 0.2) is 46.7 Å². The minimum atomic E-state index is -1.32. The second-order valence-corrected chi connectivity index (χ2v) is 5.82. The Hall–Kier alpha value is -1.46. The van der Waals surface area contributed by atoms with E-state index in [4.69, 9.17) is 5.11 Å². The van der Waals surface area contributed by atoms with Crippen LogP contribution in [0.25, 0.3) is 0 Å². The molecule has 0 bridgehead atoms. The molecule has 1 aromatic heterocycles. The molecule has 0 amide bonds. The number of benzene rings is 1. The van der Waals surface area contributed by atoms with Gasteiger partial charge in [-0.1, -0.05) is 18.2 Å². The summed E-state index contributed by atoms with van der Waals surface area (Å²) in [7, 11) is -1.32. The molecule has 0 spiro atoms. The van der Waals surface area contributed by atoms with E-state index in [0.29, 0.717) is 10.6 Å². The highest BCUT2D eigenvalue weighted by molar-refractivity contribution is 7.84. The van der Waals surface area contributed by atoms with Crippen molar-refractivity contribution in [1.82, 2.24) is 0 Å². The number of carboxylic acids is 1.